The Morgan fingerprint density at radius 1 is 1.05 bits per heavy atom. The standard InChI is InChI=1S/C31H26F2N4O4/c1-18-12-26(33)24(28-13-19(2)37(36-28)31(40)41-17-20-6-4-3-5-7-20)14-27(18)35-30(39)25-16-34-29(38)15-23(25)21-8-10-22(32)11-9-21/h3-14,16,23H,15,17H2,1-2H3,(H,34,38)(H,35,39)/t23-/m0/s1. The van der Waals surface area contributed by atoms with Crippen LogP contribution in [0.3, 0.4) is 0 Å². The van der Waals surface area contributed by atoms with Crippen molar-refractivity contribution < 1.29 is 27.9 Å². The van der Waals surface area contributed by atoms with E-state index in [1.165, 1.54) is 42.6 Å². The molecular weight excluding hydrogens is 530 g/mol. The van der Waals surface area contributed by atoms with Crippen LogP contribution in [0.15, 0.2) is 84.6 Å². The molecule has 0 spiro atoms. The SMILES string of the molecule is Cc1cc(F)c(-c2cc(C)n(C(=O)OCc3ccccc3)n2)cc1NC(=O)C1=CNC(=O)C[C@H]1c1ccc(F)cc1. The summed E-state index contributed by atoms with van der Waals surface area (Å²) in [6, 6.07) is 19.0. The number of carbonyl (C=O) groups excluding carboxylic acids is 3. The number of rotatable bonds is 6. The Morgan fingerprint density at radius 2 is 1.78 bits per heavy atom. The predicted octanol–water partition coefficient (Wildman–Crippen LogP) is 5.76. The van der Waals surface area contributed by atoms with Gasteiger partial charge in [-0.2, -0.15) is 9.78 Å². The van der Waals surface area contributed by atoms with E-state index < -0.39 is 29.6 Å². The highest BCUT2D eigenvalue weighted by molar-refractivity contribution is 6.07. The number of nitrogens with one attached hydrogen (secondary N) is 2. The molecule has 1 aromatic heterocycles. The molecule has 0 fully saturated rings. The fraction of sp³-hybridized carbons (Fsp3) is 0.161. The third-order valence-electron chi connectivity index (χ3n) is 6.79. The zero-order valence-electron chi connectivity index (χ0n) is 22.3. The highest BCUT2D eigenvalue weighted by Gasteiger charge is 2.29. The van der Waals surface area contributed by atoms with Crippen LogP contribution in [-0.2, 0) is 20.9 Å². The van der Waals surface area contributed by atoms with E-state index in [1.807, 2.05) is 30.3 Å². The predicted molar refractivity (Wildman–Crippen MR) is 148 cm³/mol. The topological polar surface area (TPSA) is 102 Å². The molecule has 2 N–H and O–H groups in total. The van der Waals surface area contributed by atoms with E-state index in [1.54, 1.807) is 19.9 Å². The van der Waals surface area contributed by atoms with Gasteiger partial charge in [0.05, 0.1) is 5.69 Å². The summed E-state index contributed by atoms with van der Waals surface area (Å²) in [5.41, 5.74) is 3.16. The minimum absolute atomic E-state index is 0.00954. The van der Waals surface area contributed by atoms with Crippen LogP contribution in [0.2, 0.25) is 0 Å². The molecule has 0 saturated carbocycles. The summed E-state index contributed by atoms with van der Waals surface area (Å²) < 4.78 is 35.0. The van der Waals surface area contributed by atoms with Crippen molar-refractivity contribution in [3.05, 3.63) is 119 Å². The number of anilines is 1. The molecule has 4 aromatic rings. The molecular formula is C31H26F2N4O4. The molecule has 3 aromatic carbocycles. The summed E-state index contributed by atoms with van der Waals surface area (Å²) in [4.78, 5) is 38.1. The summed E-state index contributed by atoms with van der Waals surface area (Å²) in [5.74, 6) is -2.39. The van der Waals surface area contributed by atoms with E-state index in [0.717, 1.165) is 10.2 Å². The van der Waals surface area contributed by atoms with Crippen molar-refractivity contribution in [3.8, 4) is 11.3 Å². The van der Waals surface area contributed by atoms with Crippen molar-refractivity contribution in [3.63, 3.8) is 0 Å². The fourth-order valence-electron chi connectivity index (χ4n) is 4.60. The Labute approximate surface area is 234 Å². The Kier molecular flexibility index (Phi) is 7.73. The molecule has 41 heavy (non-hydrogen) atoms. The zero-order valence-corrected chi connectivity index (χ0v) is 22.3. The molecule has 0 bridgehead atoms. The van der Waals surface area contributed by atoms with E-state index in [0.29, 0.717) is 22.5 Å². The summed E-state index contributed by atoms with van der Waals surface area (Å²) >= 11 is 0. The first-order valence-electron chi connectivity index (χ1n) is 12.8. The van der Waals surface area contributed by atoms with E-state index in [-0.39, 0.29) is 35.8 Å². The normalized spacial score (nSPS) is 14.7. The quantitative estimate of drug-likeness (QED) is 0.315. The Hall–Kier alpha value is -5.12. The summed E-state index contributed by atoms with van der Waals surface area (Å²) in [6.07, 6.45) is 0.633. The second kappa shape index (κ2) is 11.5. The molecule has 1 atom stereocenters. The van der Waals surface area contributed by atoms with Crippen LogP contribution in [0.5, 0.6) is 0 Å². The maximum atomic E-state index is 15.1. The molecule has 8 nitrogen and oxygen atoms in total. The van der Waals surface area contributed by atoms with Gasteiger partial charge < -0.3 is 15.4 Å². The van der Waals surface area contributed by atoms with Crippen LogP contribution in [0.25, 0.3) is 11.3 Å². The number of benzene rings is 3. The van der Waals surface area contributed by atoms with Crippen LogP contribution in [0.1, 0.15) is 34.7 Å². The molecule has 1 aliphatic rings. The largest absolute Gasteiger partial charge is 0.443 e. The minimum Gasteiger partial charge on any atom is -0.443 e. The molecule has 0 radical (unpaired) electrons. The van der Waals surface area contributed by atoms with Crippen LogP contribution in [-0.4, -0.2) is 27.7 Å². The van der Waals surface area contributed by atoms with Crippen molar-refractivity contribution in [2.75, 3.05) is 5.32 Å². The maximum Gasteiger partial charge on any atom is 0.435 e. The number of aryl methyl sites for hydroxylation is 2. The lowest BCUT2D eigenvalue weighted by Crippen LogP contribution is -2.32. The molecule has 208 valence electrons. The Bertz CT molecular complexity index is 1660. The van der Waals surface area contributed by atoms with E-state index in [4.69, 9.17) is 4.74 Å². The molecule has 0 aliphatic carbocycles. The van der Waals surface area contributed by atoms with Gasteiger partial charge in [0, 0.05) is 41.1 Å². The van der Waals surface area contributed by atoms with Gasteiger partial charge in [-0.1, -0.05) is 42.5 Å². The average Bonchev–Trinajstić information content (AvgIpc) is 3.35. The number of halogens is 2. The van der Waals surface area contributed by atoms with Gasteiger partial charge in [0.25, 0.3) is 5.91 Å². The first-order chi connectivity index (χ1) is 19.7. The molecule has 2 heterocycles. The number of hydrogen-bond acceptors (Lipinski definition) is 5. The van der Waals surface area contributed by atoms with E-state index >= 15 is 4.39 Å². The van der Waals surface area contributed by atoms with Gasteiger partial charge in [-0.15, -0.1) is 0 Å². The molecule has 0 saturated heterocycles. The lowest BCUT2D eigenvalue weighted by molar-refractivity contribution is -0.121. The smallest absolute Gasteiger partial charge is 0.435 e. The zero-order chi connectivity index (χ0) is 29.1. The number of hydrogen-bond donors (Lipinski definition) is 2. The Balaban J connectivity index is 1.38. The number of nitrogens with zero attached hydrogens (tertiary/aromatic N) is 2. The average molecular weight is 557 g/mol. The Morgan fingerprint density at radius 3 is 2.51 bits per heavy atom. The highest BCUT2D eigenvalue weighted by atomic mass is 19.1. The van der Waals surface area contributed by atoms with Gasteiger partial charge in [0.2, 0.25) is 5.91 Å². The number of ether oxygens (including phenoxy) is 1. The van der Waals surface area contributed by atoms with Crippen molar-refractivity contribution in [2.45, 2.75) is 32.8 Å². The van der Waals surface area contributed by atoms with Crippen LogP contribution in [0.4, 0.5) is 19.3 Å². The highest BCUT2D eigenvalue weighted by Crippen LogP contribution is 2.33. The van der Waals surface area contributed by atoms with Gasteiger partial charge in [0.1, 0.15) is 18.2 Å². The van der Waals surface area contributed by atoms with Crippen molar-refractivity contribution in [1.82, 2.24) is 15.1 Å². The van der Waals surface area contributed by atoms with Gasteiger partial charge in [-0.25, -0.2) is 13.6 Å². The fourth-order valence-corrected chi connectivity index (χ4v) is 4.60. The number of carbonyl (C=O) groups is 3. The summed E-state index contributed by atoms with van der Waals surface area (Å²) in [7, 11) is 0. The third-order valence-corrected chi connectivity index (χ3v) is 6.79. The monoisotopic (exact) mass is 556 g/mol. The van der Waals surface area contributed by atoms with Gasteiger partial charge in [-0.05, 0) is 60.9 Å². The molecule has 1 aliphatic heterocycles. The lowest BCUT2D eigenvalue weighted by Gasteiger charge is -2.24. The van der Waals surface area contributed by atoms with Crippen LogP contribution < -0.4 is 10.6 Å². The minimum atomic E-state index is -0.711. The van der Waals surface area contributed by atoms with Crippen LogP contribution in [0, 0.1) is 25.5 Å². The van der Waals surface area contributed by atoms with E-state index in [2.05, 4.69) is 15.7 Å². The van der Waals surface area contributed by atoms with Gasteiger partial charge in [0.15, 0.2) is 0 Å². The van der Waals surface area contributed by atoms with Crippen molar-refractivity contribution in [1.29, 1.82) is 0 Å². The first kappa shape index (κ1) is 27.4. The van der Waals surface area contributed by atoms with Gasteiger partial charge >= 0.3 is 6.09 Å². The molecule has 2 amide bonds. The second-order valence-electron chi connectivity index (χ2n) is 9.70. The van der Waals surface area contributed by atoms with Crippen molar-refractivity contribution in [2.24, 2.45) is 0 Å². The maximum absolute atomic E-state index is 15.1. The number of amides is 2. The van der Waals surface area contributed by atoms with Crippen LogP contribution >= 0.6 is 0 Å². The lowest BCUT2D eigenvalue weighted by atomic mass is 9.86. The first-order valence-corrected chi connectivity index (χ1v) is 12.8. The molecule has 5 rings (SSSR count). The molecule has 10 heteroatoms. The molecule has 0 unspecified atom stereocenters. The van der Waals surface area contributed by atoms with E-state index in [9.17, 15) is 18.8 Å². The van der Waals surface area contributed by atoms with Gasteiger partial charge in [-0.3, -0.25) is 9.59 Å². The van der Waals surface area contributed by atoms with Crippen molar-refractivity contribution >= 4 is 23.6 Å². The number of aromatic nitrogens is 2. The third kappa shape index (κ3) is 6.06. The summed E-state index contributed by atoms with van der Waals surface area (Å²) in [6.45, 7) is 3.34. The summed E-state index contributed by atoms with van der Waals surface area (Å²) in [5, 5.41) is 9.62. The second-order valence-corrected chi connectivity index (χ2v) is 9.70.